The largest absolute Gasteiger partial charge is 0.399 e. The Balaban J connectivity index is 1.62. The molecule has 0 saturated heterocycles. The van der Waals surface area contributed by atoms with Crippen molar-refractivity contribution in [2.45, 2.75) is 70.3 Å². The van der Waals surface area contributed by atoms with Gasteiger partial charge in [-0.15, -0.1) is 5.92 Å². The first kappa shape index (κ1) is 19.9. The van der Waals surface area contributed by atoms with Crippen LogP contribution in [0.1, 0.15) is 70.3 Å². The van der Waals surface area contributed by atoms with Gasteiger partial charge in [0.05, 0.1) is 0 Å². The summed E-state index contributed by atoms with van der Waals surface area (Å²) in [4.78, 5) is 12.1. The van der Waals surface area contributed by atoms with Crippen LogP contribution >= 0.6 is 0 Å². The maximum atomic E-state index is 12.1. The van der Waals surface area contributed by atoms with E-state index in [0.29, 0.717) is 41.8 Å². The van der Waals surface area contributed by atoms with E-state index < -0.39 is 5.60 Å². The van der Waals surface area contributed by atoms with Crippen LogP contribution in [0.2, 0.25) is 0 Å². The van der Waals surface area contributed by atoms with Crippen LogP contribution in [-0.2, 0) is 4.79 Å². The number of nitrogen functional groups attached to an aromatic ring is 1. The monoisotopic (exact) mass is 403 g/mol. The zero-order chi connectivity index (χ0) is 21.1. The lowest BCUT2D eigenvalue weighted by Crippen LogP contribution is -2.54. The Hall–Kier alpha value is -2.05. The van der Waals surface area contributed by atoms with Crippen LogP contribution in [-0.4, -0.2) is 16.5 Å². The summed E-state index contributed by atoms with van der Waals surface area (Å²) < 4.78 is 0. The number of hydrogen-bond donors (Lipinski definition) is 2. The van der Waals surface area contributed by atoms with E-state index in [1.165, 1.54) is 11.1 Å². The van der Waals surface area contributed by atoms with E-state index in [9.17, 15) is 9.90 Å². The lowest BCUT2D eigenvalue weighted by atomic mass is 9.46. The van der Waals surface area contributed by atoms with Crippen molar-refractivity contribution in [3.8, 4) is 11.8 Å². The van der Waals surface area contributed by atoms with Gasteiger partial charge in [-0.2, -0.15) is 0 Å². The molecule has 3 heteroatoms. The lowest BCUT2D eigenvalue weighted by Gasteiger charge is -2.58. The van der Waals surface area contributed by atoms with Crippen molar-refractivity contribution >= 4 is 11.5 Å². The van der Waals surface area contributed by atoms with Gasteiger partial charge in [0.15, 0.2) is 5.78 Å². The molecule has 0 aromatic heterocycles. The minimum Gasteiger partial charge on any atom is -0.399 e. The molecule has 3 fully saturated rings. The normalized spacial score (nSPS) is 42.3. The van der Waals surface area contributed by atoms with Gasteiger partial charge in [0.1, 0.15) is 5.60 Å². The topological polar surface area (TPSA) is 63.3 Å². The third-order valence-electron chi connectivity index (χ3n) is 9.15. The van der Waals surface area contributed by atoms with Crippen molar-refractivity contribution < 1.29 is 9.90 Å². The molecule has 0 bridgehead atoms. The Morgan fingerprint density at radius 1 is 1.10 bits per heavy atom. The van der Waals surface area contributed by atoms with Gasteiger partial charge in [-0.25, -0.2) is 0 Å². The molecule has 1 aromatic carbocycles. The zero-order valence-corrected chi connectivity index (χ0v) is 18.2. The van der Waals surface area contributed by atoms with Gasteiger partial charge >= 0.3 is 0 Å². The molecule has 0 radical (unpaired) electrons. The summed E-state index contributed by atoms with van der Waals surface area (Å²) in [6.07, 6.45) is 8.58. The Kier molecular flexibility index (Phi) is 4.63. The molecule has 0 heterocycles. The third-order valence-corrected chi connectivity index (χ3v) is 9.15. The molecular weight excluding hydrogens is 370 g/mol. The van der Waals surface area contributed by atoms with Crippen molar-refractivity contribution in [1.29, 1.82) is 0 Å². The molecule has 0 amide bonds. The summed E-state index contributed by atoms with van der Waals surface area (Å²) in [5.41, 5.74) is 8.40. The number of carbonyl (C=O) groups excluding carboxylic acids is 1. The highest BCUT2D eigenvalue weighted by Gasteiger charge is 2.64. The van der Waals surface area contributed by atoms with Crippen LogP contribution in [0.5, 0.6) is 0 Å². The van der Waals surface area contributed by atoms with Gasteiger partial charge < -0.3 is 10.8 Å². The van der Waals surface area contributed by atoms with Gasteiger partial charge in [0.2, 0.25) is 0 Å². The van der Waals surface area contributed by atoms with E-state index in [-0.39, 0.29) is 5.41 Å². The molecule has 4 aliphatic rings. The summed E-state index contributed by atoms with van der Waals surface area (Å²) in [7, 11) is 0. The minimum atomic E-state index is -0.901. The molecule has 1 aromatic rings. The molecule has 30 heavy (non-hydrogen) atoms. The van der Waals surface area contributed by atoms with Crippen LogP contribution in [0.15, 0.2) is 35.9 Å². The van der Waals surface area contributed by atoms with Crippen LogP contribution < -0.4 is 5.73 Å². The maximum Gasteiger partial charge on any atom is 0.155 e. The first-order valence-corrected chi connectivity index (χ1v) is 11.6. The van der Waals surface area contributed by atoms with Crippen LogP contribution in [0.4, 0.5) is 5.69 Å². The number of fused-ring (bicyclic) bond motifs is 5. The molecule has 3 saturated carbocycles. The average molecular weight is 404 g/mol. The number of carbonyl (C=O) groups is 1. The van der Waals surface area contributed by atoms with Crippen molar-refractivity contribution in [1.82, 2.24) is 0 Å². The fourth-order valence-corrected chi connectivity index (χ4v) is 7.81. The van der Waals surface area contributed by atoms with Gasteiger partial charge in [-0.1, -0.05) is 30.6 Å². The quantitative estimate of drug-likeness (QED) is 0.520. The Morgan fingerprint density at radius 2 is 1.87 bits per heavy atom. The Morgan fingerprint density at radius 3 is 2.60 bits per heavy atom. The minimum absolute atomic E-state index is 0.199. The highest BCUT2D eigenvalue weighted by molar-refractivity contribution is 5.91. The molecule has 0 spiro atoms. The fraction of sp³-hybridized carbons (Fsp3) is 0.593. The average Bonchev–Trinajstić information content (AvgIpc) is 2.98. The second-order valence-electron chi connectivity index (χ2n) is 10.4. The number of allylic oxidation sites excluding steroid dienone is 1. The summed E-state index contributed by atoms with van der Waals surface area (Å²) in [5.74, 6) is 9.04. The summed E-state index contributed by atoms with van der Waals surface area (Å²) in [6, 6.07) is 8.39. The standard InChI is InChI=1S/C27H33NO2/c1-3-13-27(30)14-12-24-22-10-6-18-15-20(29)9-11-21(18)25(22)23(16-26(24,27)2)17-4-7-19(28)8-5-17/h4-5,7-8,15,21-25,30H,6,9-12,14,16,28H2,1-2H3/t21-,22-,23+,24-,25+,26-,27-/m0/s1. The summed E-state index contributed by atoms with van der Waals surface area (Å²) in [6.45, 7) is 4.14. The van der Waals surface area contributed by atoms with Gasteiger partial charge in [-0.05, 0) is 98.8 Å². The van der Waals surface area contributed by atoms with E-state index >= 15 is 0 Å². The number of aliphatic hydroxyl groups is 1. The number of benzene rings is 1. The molecule has 4 aliphatic carbocycles. The zero-order valence-electron chi connectivity index (χ0n) is 18.2. The predicted molar refractivity (Wildman–Crippen MR) is 119 cm³/mol. The molecule has 0 aliphatic heterocycles. The number of rotatable bonds is 1. The predicted octanol–water partition coefficient (Wildman–Crippen LogP) is 4.86. The Bertz CT molecular complexity index is 951. The lowest BCUT2D eigenvalue weighted by molar-refractivity contribution is -0.117. The van der Waals surface area contributed by atoms with Gasteiger partial charge in [-0.3, -0.25) is 4.79 Å². The first-order chi connectivity index (χ1) is 14.4. The number of anilines is 1. The Labute approximate surface area is 180 Å². The van der Waals surface area contributed by atoms with Crippen molar-refractivity contribution in [2.75, 3.05) is 5.73 Å². The van der Waals surface area contributed by atoms with E-state index in [2.05, 4.69) is 30.9 Å². The van der Waals surface area contributed by atoms with Gasteiger partial charge in [0.25, 0.3) is 0 Å². The highest BCUT2D eigenvalue weighted by Crippen LogP contribution is 2.68. The van der Waals surface area contributed by atoms with Crippen molar-refractivity contribution in [3.63, 3.8) is 0 Å². The van der Waals surface area contributed by atoms with Crippen molar-refractivity contribution in [3.05, 3.63) is 41.5 Å². The molecule has 7 atom stereocenters. The third kappa shape index (κ3) is 2.80. The van der Waals surface area contributed by atoms with Crippen LogP contribution in [0.3, 0.4) is 0 Å². The molecule has 3 N–H and O–H groups in total. The molecular formula is C27H33NO2. The van der Waals surface area contributed by atoms with Crippen LogP contribution in [0.25, 0.3) is 0 Å². The SMILES string of the molecule is CC#C[C@]1(O)CC[C@H]2[C@@H]3CCC4=CC(=O)CC[C@@H]4[C@H]3[C@@H](c3ccc(N)cc3)C[C@@]21C. The highest BCUT2D eigenvalue weighted by atomic mass is 16.3. The first-order valence-electron chi connectivity index (χ1n) is 11.6. The second-order valence-corrected chi connectivity index (χ2v) is 10.4. The molecule has 0 unspecified atom stereocenters. The number of hydrogen-bond acceptors (Lipinski definition) is 3. The van der Waals surface area contributed by atoms with Crippen LogP contribution in [0, 0.1) is 40.9 Å². The maximum absolute atomic E-state index is 12.1. The smallest absolute Gasteiger partial charge is 0.155 e. The van der Waals surface area contributed by atoms with E-state index in [0.717, 1.165) is 44.2 Å². The number of nitrogens with two attached hydrogens (primary N) is 1. The summed E-state index contributed by atoms with van der Waals surface area (Å²) >= 11 is 0. The fourth-order valence-electron chi connectivity index (χ4n) is 7.81. The van der Waals surface area contributed by atoms with E-state index in [1.54, 1.807) is 0 Å². The molecule has 5 rings (SSSR count). The molecule has 158 valence electrons. The van der Waals surface area contributed by atoms with E-state index in [4.69, 9.17) is 5.73 Å². The van der Waals surface area contributed by atoms with E-state index in [1.807, 2.05) is 25.1 Å². The molecule has 3 nitrogen and oxygen atoms in total. The summed E-state index contributed by atoms with van der Waals surface area (Å²) in [5, 5.41) is 11.7. The second kappa shape index (κ2) is 6.99. The van der Waals surface area contributed by atoms with Gasteiger partial charge in [0, 0.05) is 17.5 Å². The van der Waals surface area contributed by atoms with Crippen molar-refractivity contribution in [2.24, 2.45) is 29.1 Å². The number of ketones is 1.